The van der Waals surface area contributed by atoms with Crippen molar-refractivity contribution in [3.05, 3.63) is 48.0 Å². The molecule has 1 heterocycles. The highest BCUT2D eigenvalue weighted by Crippen LogP contribution is 2.35. The zero-order valence-corrected chi connectivity index (χ0v) is 15.9. The second kappa shape index (κ2) is 11.6. The van der Waals surface area contributed by atoms with Crippen molar-refractivity contribution in [1.82, 2.24) is 0 Å². The highest BCUT2D eigenvalue weighted by atomic mass is 32.2. The van der Waals surface area contributed by atoms with E-state index >= 15 is 0 Å². The van der Waals surface area contributed by atoms with E-state index < -0.39 is 5.97 Å². The molecule has 1 N–H and O–H groups in total. The fraction of sp³-hybridized carbons (Fsp3) is 0.550. The van der Waals surface area contributed by atoms with Crippen LogP contribution in [-0.2, 0) is 10.5 Å². The standard InChI is InChI=1S/C20H28O2S2/c21-20(22)11-7-2-1-6-10-18-15-24-16-19(18)12-13-23-14-17-8-4-3-5-9-17/h1,3-6,8-9,18-19H,2,7,10-16H2,(H,21,22)/b6-1-/t18-,19+/m0/s1. The van der Waals surface area contributed by atoms with E-state index in [1.54, 1.807) is 0 Å². The molecule has 0 amide bonds. The van der Waals surface area contributed by atoms with Crippen molar-refractivity contribution in [1.29, 1.82) is 0 Å². The first kappa shape index (κ1) is 19.5. The van der Waals surface area contributed by atoms with Gasteiger partial charge in [0.15, 0.2) is 0 Å². The minimum atomic E-state index is -0.691. The molecule has 0 aliphatic carbocycles. The van der Waals surface area contributed by atoms with Gasteiger partial charge in [0.25, 0.3) is 0 Å². The second-order valence-electron chi connectivity index (χ2n) is 6.38. The number of carboxylic acid groups (broad SMARTS) is 1. The Labute approximate surface area is 154 Å². The van der Waals surface area contributed by atoms with Gasteiger partial charge in [0.1, 0.15) is 0 Å². The predicted molar refractivity (Wildman–Crippen MR) is 107 cm³/mol. The third kappa shape index (κ3) is 7.80. The Balaban J connectivity index is 1.58. The van der Waals surface area contributed by atoms with Gasteiger partial charge in [0.2, 0.25) is 0 Å². The van der Waals surface area contributed by atoms with Gasteiger partial charge in [-0.3, -0.25) is 4.79 Å². The molecule has 1 saturated heterocycles. The maximum atomic E-state index is 10.5. The molecular formula is C20H28O2S2. The van der Waals surface area contributed by atoms with Crippen molar-refractivity contribution in [2.24, 2.45) is 11.8 Å². The highest BCUT2D eigenvalue weighted by Gasteiger charge is 2.26. The summed E-state index contributed by atoms with van der Waals surface area (Å²) < 4.78 is 0. The molecule has 1 aliphatic heterocycles. The van der Waals surface area contributed by atoms with Gasteiger partial charge >= 0.3 is 5.97 Å². The van der Waals surface area contributed by atoms with Gasteiger partial charge in [-0.1, -0.05) is 42.5 Å². The van der Waals surface area contributed by atoms with Gasteiger partial charge in [-0.05, 0) is 60.3 Å². The lowest BCUT2D eigenvalue weighted by Gasteiger charge is -2.16. The lowest BCUT2D eigenvalue weighted by molar-refractivity contribution is -0.137. The molecule has 0 aromatic heterocycles. The largest absolute Gasteiger partial charge is 0.481 e. The molecule has 0 saturated carbocycles. The molecule has 1 fully saturated rings. The minimum Gasteiger partial charge on any atom is -0.481 e. The Morgan fingerprint density at radius 1 is 1.21 bits per heavy atom. The van der Waals surface area contributed by atoms with E-state index in [4.69, 9.17) is 5.11 Å². The summed E-state index contributed by atoms with van der Waals surface area (Å²) in [5.41, 5.74) is 1.42. The third-order valence-corrected chi connectivity index (χ3v) is 6.83. The first-order valence-electron chi connectivity index (χ1n) is 8.82. The molecule has 0 spiro atoms. The van der Waals surface area contributed by atoms with Crippen molar-refractivity contribution < 1.29 is 9.90 Å². The maximum absolute atomic E-state index is 10.5. The van der Waals surface area contributed by atoms with Crippen molar-refractivity contribution in [3.8, 4) is 0 Å². The van der Waals surface area contributed by atoms with Gasteiger partial charge in [-0.2, -0.15) is 23.5 Å². The summed E-state index contributed by atoms with van der Waals surface area (Å²) in [6, 6.07) is 10.7. The average molecular weight is 365 g/mol. The minimum absolute atomic E-state index is 0.283. The highest BCUT2D eigenvalue weighted by molar-refractivity contribution is 7.99. The number of thioether (sulfide) groups is 2. The van der Waals surface area contributed by atoms with E-state index in [1.165, 1.54) is 29.2 Å². The normalized spacial score (nSPS) is 20.7. The summed E-state index contributed by atoms with van der Waals surface area (Å²) in [6.07, 6.45) is 8.87. The van der Waals surface area contributed by atoms with E-state index in [9.17, 15) is 4.79 Å². The first-order chi connectivity index (χ1) is 11.8. The molecule has 132 valence electrons. The number of allylic oxidation sites excluding steroid dienone is 2. The number of hydrogen-bond acceptors (Lipinski definition) is 3. The summed E-state index contributed by atoms with van der Waals surface area (Å²) in [7, 11) is 0. The summed E-state index contributed by atoms with van der Waals surface area (Å²) >= 11 is 4.15. The van der Waals surface area contributed by atoms with Crippen molar-refractivity contribution in [2.45, 2.75) is 37.9 Å². The topological polar surface area (TPSA) is 37.3 Å². The van der Waals surface area contributed by atoms with Gasteiger partial charge in [0, 0.05) is 12.2 Å². The van der Waals surface area contributed by atoms with Crippen LogP contribution in [0.2, 0.25) is 0 Å². The van der Waals surface area contributed by atoms with Crippen molar-refractivity contribution in [2.75, 3.05) is 17.3 Å². The number of carbonyl (C=O) groups is 1. The zero-order chi connectivity index (χ0) is 17.0. The monoisotopic (exact) mass is 364 g/mol. The van der Waals surface area contributed by atoms with E-state index in [0.29, 0.717) is 0 Å². The lowest BCUT2D eigenvalue weighted by Crippen LogP contribution is -2.12. The zero-order valence-electron chi connectivity index (χ0n) is 14.2. The Morgan fingerprint density at radius 3 is 2.79 bits per heavy atom. The quantitative estimate of drug-likeness (QED) is 0.416. The van der Waals surface area contributed by atoms with Gasteiger partial charge in [0.05, 0.1) is 0 Å². The van der Waals surface area contributed by atoms with Crippen LogP contribution in [-0.4, -0.2) is 28.3 Å². The number of carboxylic acids is 1. The van der Waals surface area contributed by atoms with Crippen molar-refractivity contribution >= 4 is 29.5 Å². The van der Waals surface area contributed by atoms with Crippen molar-refractivity contribution in [3.63, 3.8) is 0 Å². The average Bonchev–Trinajstić information content (AvgIpc) is 3.03. The Hall–Kier alpha value is -0.870. The van der Waals surface area contributed by atoms with Crippen LogP contribution >= 0.6 is 23.5 Å². The molecule has 0 bridgehead atoms. The molecule has 1 aromatic carbocycles. The molecule has 0 unspecified atom stereocenters. The lowest BCUT2D eigenvalue weighted by atomic mass is 9.90. The molecule has 2 atom stereocenters. The smallest absolute Gasteiger partial charge is 0.303 e. The Bertz CT molecular complexity index is 502. The number of benzene rings is 1. The van der Waals surface area contributed by atoms with Crippen LogP contribution in [0.3, 0.4) is 0 Å². The molecule has 4 heteroatoms. The van der Waals surface area contributed by atoms with Crippen LogP contribution in [0.5, 0.6) is 0 Å². The molecule has 1 aromatic rings. The fourth-order valence-electron chi connectivity index (χ4n) is 2.98. The SMILES string of the molecule is O=C(O)CCC/C=C\C[C@H]1CSC[C@H]1CCSCc1ccccc1. The summed E-state index contributed by atoms with van der Waals surface area (Å²) in [5.74, 6) is 5.93. The molecular weight excluding hydrogens is 336 g/mol. The van der Waals surface area contributed by atoms with E-state index in [2.05, 4.69) is 54.2 Å². The molecule has 2 nitrogen and oxygen atoms in total. The predicted octanol–water partition coefficient (Wildman–Crippen LogP) is 5.49. The molecule has 2 rings (SSSR count). The summed E-state index contributed by atoms with van der Waals surface area (Å²) in [5, 5.41) is 8.62. The van der Waals surface area contributed by atoms with E-state index in [-0.39, 0.29) is 6.42 Å². The van der Waals surface area contributed by atoms with E-state index in [1.807, 2.05) is 11.8 Å². The first-order valence-corrected chi connectivity index (χ1v) is 11.1. The van der Waals surface area contributed by atoms with Gasteiger partial charge < -0.3 is 5.11 Å². The van der Waals surface area contributed by atoms with Gasteiger partial charge in [-0.25, -0.2) is 0 Å². The van der Waals surface area contributed by atoms with Crippen LogP contribution in [0.15, 0.2) is 42.5 Å². The molecule has 0 radical (unpaired) electrons. The van der Waals surface area contributed by atoms with Crippen LogP contribution in [0.4, 0.5) is 0 Å². The number of hydrogen-bond donors (Lipinski definition) is 1. The summed E-state index contributed by atoms with van der Waals surface area (Å²) in [6.45, 7) is 0. The molecule has 24 heavy (non-hydrogen) atoms. The second-order valence-corrected chi connectivity index (χ2v) is 8.56. The van der Waals surface area contributed by atoms with Crippen LogP contribution < -0.4 is 0 Å². The van der Waals surface area contributed by atoms with Crippen LogP contribution in [0, 0.1) is 11.8 Å². The molecule has 1 aliphatic rings. The Morgan fingerprint density at radius 2 is 2.00 bits per heavy atom. The Kier molecular flexibility index (Phi) is 9.44. The number of unbranched alkanes of at least 4 members (excludes halogenated alkanes) is 1. The third-order valence-electron chi connectivity index (χ3n) is 4.44. The fourth-order valence-corrected chi connectivity index (χ4v) is 5.61. The number of aliphatic carboxylic acids is 1. The van der Waals surface area contributed by atoms with Crippen LogP contribution in [0.1, 0.15) is 37.7 Å². The van der Waals surface area contributed by atoms with Crippen LogP contribution in [0.25, 0.3) is 0 Å². The summed E-state index contributed by atoms with van der Waals surface area (Å²) in [4.78, 5) is 10.5. The van der Waals surface area contributed by atoms with E-state index in [0.717, 1.165) is 36.9 Å². The number of rotatable bonds is 11. The maximum Gasteiger partial charge on any atom is 0.303 e. The van der Waals surface area contributed by atoms with Gasteiger partial charge in [-0.15, -0.1) is 0 Å².